The quantitative estimate of drug-likeness (QED) is 0.374. The third-order valence-electron chi connectivity index (χ3n) is 5.54. The molecule has 0 radical (unpaired) electrons. The van der Waals surface area contributed by atoms with Gasteiger partial charge in [-0.2, -0.15) is 18.4 Å². The van der Waals surface area contributed by atoms with Crippen molar-refractivity contribution in [2.75, 3.05) is 5.73 Å². The smallest absolute Gasteiger partial charge is 0.383 e. The molecular weight excluding hydrogens is 480 g/mol. The molecule has 14 heteroatoms. The number of hydrogen-bond acceptors (Lipinski definition) is 8. The van der Waals surface area contributed by atoms with Gasteiger partial charge in [0.15, 0.2) is 0 Å². The number of rotatable bonds is 4. The summed E-state index contributed by atoms with van der Waals surface area (Å²) in [6, 6.07) is 7.41. The molecule has 0 aliphatic carbocycles. The van der Waals surface area contributed by atoms with Crippen molar-refractivity contribution in [3.63, 3.8) is 0 Å². The van der Waals surface area contributed by atoms with E-state index in [1.807, 2.05) is 0 Å². The molecule has 0 aliphatic rings. The molecule has 0 amide bonds. The van der Waals surface area contributed by atoms with Gasteiger partial charge in [0.1, 0.15) is 46.8 Å². The molecule has 0 saturated heterocycles. The van der Waals surface area contributed by atoms with Crippen LogP contribution in [-0.2, 0) is 6.18 Å². The van der Waals surface area contributed by atoms with Crippen molar-refractivity contribution < 1.29 is 17.6 Å². The summed E-state index contributed by atoms with van der Waals surface area (Å²) in [7, 11) is 0. The number of nitrogens with two attached hydrogens (primary N) is 1. The van der Waals surface area contributed by atoms with Crippen molar-refractivity contribution in [3.05, 3.63) is 72.2 Å². The van der Waals surface area contributed by atoms with Gasteiger partial charge < -0.3 is 10.3 Å². The van der Waals surface area contributed by atoms with Crippen LogP contribution in [0.4, 0.5) is 23.4 Å². The van der Waals surface area contributed by atoms with Gasteiger partial charge >= 0.3 is 6.18 Å². The summed E-state index contributed by atoms with van der Waals surface area (Å²) < 4.78 is 55.9. The van der Waals surface area contributed by atoms with E-state index in [0.29, 0.717) is 5.69 Å². The van der Waals surface area contributed by atoms with E-state index in [1.165, 1.54) is 33.9 Å². The van der Waals surface area contributed by atoms with Crippen LogP contribution in [0, 0.1) is 17.1 Å². The predicted molar refractivity (Wildman–Crippen MR) is 118 cm³/mol. The average molecular weight is 494 g/mol. The second kappa shape index (κ2) is 8.38. The van der Waals surface area contributed by atoms with E-state index >= 15 is 0 Å². The van der Waals surface area contributed by atoms with Crippen LogP contribution in [0.2, 0.25) is 0 Å². The first-order valence-corrected chi connectivity index (χ1v) is 10.3. The lowest BCUT2D eigenvalue weighted by atomic mass is 10.1. The number of nitrogen functional groups attached to an aromatic ring is 1. The highest BCUT2D eigenvalue weighted by molar-refractivity contribution is 6.03. The first-order valence-electron chi connectivity index (χ1n) is 10.3. The van der Waals surface area contributed by atoms with E-state index in [-0.39, 0.29) is 39.4 Å². The second-order valence-corrected chi connectivity index (χ2v) is 7.67. The Bertz CT molecular complexity index is 1630. The number of anilines is 1. The molecule has 5 rings (SSSR count). The van der Waals surface area contributed by atoms with E-state index in [0.717, 1.165) is 12.4 Å². The van der Waals surface area contributed by atoms with Crippen LogP contribution in [0.5, 0.6) is 0 Å². The summed E-state index contributed by atoms with van der Waals surface area (Å²) in [6.45, 7) is 1.71. The molecule has 5 aromatic rings. The molecule has 0 fully saturated rings. The maximum Gasteiger partial charge on any atom is 0.451 e. The summed E-state index contributed by atoms with van der Waals surface area (Å²) in [5.74, 6) is -1.82. The molecule has 10 nitrogen and oxygen atoms in total. The van der Waals surface area contributed by atoms with Crippen LogP contribution < -0.4 is 5.73 Å². The highest BCUT2D eigenvalue weighted by Gasteiger charge is 2.35. The Balaban J connectivity index is 1.68. The number of para-hydroxylation sites is 1. The molecule has 2 N–H and O–H groups in total. The lowest BCUT2D eigenvalue weighted by molar-refractivity contribution is -0.144. The zero-order valence-electron chi connectivity index (χ0n) is 18.3. The highest BCUT2D eigenvalue weighted by atomic mass is 19.4. The summed E-state index contributed by atoms with van der Waals surface area (Å²) in [4.78, 5) is 15.0. The molecule has 0 bridgehead atoms. The minimum atomic E-state index is -4.73. The molecule has 1 aromatic carbocycles. The standard InChI is InChI=1S/C22H14F4N10/c1-11(14-9-35(34-33-14)15-5-3-2-4-13(15)23)36-16(6-27)17(18-19(28)31-10-32-20(18)36)12-7-29-21(30-8-12)22(24,25)26/h2-5,7-11H,1H3,(H2,28,31,32). The fourth-order valence-electron chi connectivity index (χ4n) is 3.88. The van der Waals surface area contributed by atoms with E-state index in [1.54, 1.807) is 19.1 Å². The minimum absolute atomic E-state index is 0.00681. The number of halogens is 4. The predicted octanol–water partition coefficient (Wildman–Crippen LogP) is 3.69. The van der Waals surface area contributed by atoms with Crippen LogP contribution in [0.1, 0.15) is 30.2 Å². The van der Waals surface area contributed by atoms with Crippen LogP contribution in [-0.4, -0.2) is 39.5 Å². The SMILES string of the molecule is CC(c1cn(-c2ccccc2F)nn1)n1c(C#N)c(-c2cnc(C(F)(F)F)nc2)c2c(N)ncnc21. The maximum atomic E-state index is 14.2. The first kappa shape index (κ1) is 22.8. The van der Waals surface area contributed by atoms with E-state index in [9.17, 15) is 22.8 Å². The molecule has 1 atom stereocenters. The number of nitriles is 1. The number of alkyl halides is 3. The van der Waals surface area contributed by atoms with Crippen LogP contribution in [0.25, 0.3) is 27.8 Å². The van der Waals surface area contributed by atoms with E-state index < -0.39 is 23.9 Å². The van der Waals surface area contributed by atoms with Crippen molar-refractivity contribution in [2.45, 2.75) is 19.1 Å². The van der Waals surface area contributed by atoms with E-state index in [2.05, 4.69) is 36.3 Å². The Morgan fingerprint density at radius 3 is 2.47 bits per heavy atom. The van der Waals surface area contributed by atoms with Gasteiger partial charge in [0, 0.05) is 23.5 Å². The third kappa shape index (κ3) is 3.66. The van der Waals surface area contributed by atoms with E-state index in [4.69, 9.17) is 5.73 Å². The molecule has 36 heavy (non-hydrogen) atoms. The van der Waals surface area contributed by atoms with Crippen molar-refractivity contribution in [3.8, 4) is 22.9 Å². The van der Waals surface area contributed by atoms with Gasteiger partial charge in [0.05, 0.1) is 17.6 Å². The molecule has 0 aliphatic heterocycles. The lowest BCUT2D eigenvalue weighted by Crippen LogP contribution is -2.11. The fraction of sp³-hybridized carbons (Fsp3) is 0.136. The molecule has 0 spiro atoms. The summed E-state index contributed by atoms with van der Waals surface area (Å²) >= 11 is 0. The van der Waals surface area contributed by atoms with Gasteiger partial charge in [0.2, 0.25) is 5.82 Å². The third-order valence-corrected chi connectivity index (χ3v) is 5.54. The highest BCUT2D eigenvalue weighted by Crippen LogP contribution is 2.39. The van der Waals surface area contributed by atoms with Crippen LogP contribution in [0.15, 0.2) is 49.2 Å². The number of fused-ring (bicyclic) bond motifs is 1. The molecular formula is C22H14F4N10. The van der Waals surface area contributed by atoms with Gasteiger partial charge in [-0.3, -0.25) is 0 Å². The lowest BCUT2D eigenvalue weighted by Gasteiger charge is -2.13. The Labute approximate surface area is 199 Å². The average Bonchev–Trinajstić information content (AvgIpc) is 3.47. The fourth-order valence-corrected chi connectivity index (χ4v) is 3.88. The molecule has 180 valence electrons. The van der Waals surface area contributed by atoms with Gasteiger partial charge in [0.25, 0.3) is 0 Å². The Morgan fingerprint density at radius 1 is 1.08 bits per heavy atom. The number of nitrogens with zero attached hydrogens (tertiary/aromatic N) is 9. The van der Waals surface area contributed by atoms with Gasteiger partial charge in [-0.25, -0.2) is 29.0 Å². The molecule has 0 saturated carbocycles. The summed E-state index contributed by atoms with van der Waals surface area (Å²) in [5.41, 5.74) is 7.19. The number of hydrogen-bond donors (Lipinski definition) is 1. The zero-order chi connectivity index (χ0) is 25.6. The van der Waals surface area contributed by atoms with Crippen molar-refractivity contribution in [2.24, 2.45) is 0 Å². The minimum Gasteiger partial charge on any atom is -0.383 e. The topological polar surface area (TPSA) is 137 Å². The number of benzene rings is 1. The summed E-state index contributed by atoms with van der Waals surface area (Å²) in [5, 5.41) is 18.4. The monoisotopic (exact) mass is 494 g/mol. The van der Waals surface area contributed by atoms with Gasteiger partial charge in [-0.15, -0.1) is 5.10 Å². The molecule has 1 unspecified atom stereocenters. The first-order chi connectivity index (χ1) is 17.2. The Kier molecular flexibility index (Phi) is 5.32. The van der Waals surface area contributed by atoms with Gasteiger partial charge in [-0.05, 0) is 19.1 Å². The number of aromatic nitrogens is 8. The zero-order valence-corrected chi connectivity index (χ0v) is 18.3. The Hall–Kier alpha value is -4.93. The maximum absolute atomic E-state index is 14.2. The van der Waals surface area contributed by atoms with Crippen molar-refractivity contribution in [1.29, 1.82) is 5.26 Å². The Morgan fingerprint density at radius 2 is 1.81 bits per heavy atom. The summed E-state index contributed by atoms with van der Waals surface area (Å²) in [6.07, 6.45) is -0.110. The van der Waals surface area contributed by atoms with Crippen LogP contribution in [0.3, 0.4) is 0 Å². The second-order valence-electron chi connectivity index (χ2n) is 7.67. The molecule has 4 heterocycles. The molecule has 4 aromatic heterocycles. The van der Waals surface area contributed by atoms with Gasteiger partial charge in [-0.1, -0.05) is 17.3 Å². The van der Waals surface area contributed by atoms with Crippen molar-refractivity contribution in [1.82, 2.24) is 39.5 Å². The largest absolute Gasteiger partial charge is 0.451 e. The normalized spacial score (nSPS) is 12.6. The van der Waals surface area contributed by atoms with Crippen molar-refractivity contribution >= 4 is 16.9 Å². The van der Waals surface area contributed by atoms with Crippen LogP contribution >= 0.6 is 0 Å².